The number of hydrogen-bond acceptors (Lipinski definition) is 5. The fraction of sp³-hybridized carbons (Fsp3) is 0.348. The van der Waals surface area contributed by atoms with Crippen LogP contribution in [0.15, 0.2) is 54.9 Å². The van der Waals surface area contributed by atoms with Crippen LogP contribution in [-0.4, -0.2) is 34.9 Å². The maximum absolute atomic E-state index is 13.3. The average Bonchev–Trinajstić information content (AvgIpc) is 3.54. The molecule has 1 aliphatic carbocycles. The van der Waals surface area contributed by atoms with Gasteiger partial charge in [-0.1, -0.05) is 24.3 Å². The first-order chi connectivity index (χ1) is 14.7. The second-order valence-electron chi connectivity index (χ2n) is 7.80. The van der Waals surface area contributed by atoms with Crippen molar-refractivity contribution < 1.29 is 14.3 Å². The third-order valence-electron chi connectivity index (χ3n) is 5.99. The fourth-order valence-electron chi connectivity index (χ4n) is 4.19. The number of carbonyl (C=O) groups is 1. The Kier molecular flexibility index (Phi) is 4.65. The van der Waals surface area contributed by atoms with Crippen LogP contribution in [0.5, 0.6) is 11.5 Å². The Morgan fingerprint density at radius 3 is 2.00 bits per heavy atom. The van der Waals surface area contributed by atoms with Crippen molar-refractivity contribution in [3.05, 3.63) is 66.0 Å². The van der Waals surface area contributed by atoms with Crippen molar-refractivity contribution in [3.8, 4) is 11.5 Å². The summed E-state index contributed by atoms with van der Waals surface area (Å²) in [5.74, 6) is 2.45. The van der Waals surface area contributed by atoms with Crippen LogP contribution in [0.4, 0.5) is 5.95 Å². The molecule has 2 heterocycles. The lowest BCUT2D eigenvalue weighted by Crippen LogP contribution is -2.43. The molecule has 2 atom stereocenters. The van der Waals surface area contributed by atoms with E-state index < -0.39 is 0 Å². The van der Waals surface area contributed by atoms with E-state index in [1.165, 1.54) is 6.33 Å². The molecular formula is C23H24N4O3. The quantitative estimate of drug-likeness (QED) is 0.647. The van der Waals surface area contributed by atoms with Crippen LogP contribution in [0.2, 0.25) is 0 Å². The van der Waals surface area contributed by atoms with Gasteiger partial charge in [-0.05, 0) is 54.7 Å². The lowest BCUT2D eigenvalue weighted by Gasteiger charge is -2.39. The van der Waals surface area contributed by atoms with Crippen molar-refractivity contribution in [2.45, 2.75) is 31.3 Å². The third kappa shape index (κ3) is 3.20. The first kappa shape index (κ1) is 18.7. The van der Waals surface area contributed by atoms with Crippen LogP contribution in [-0.2, 0) is 4.79 Å². The molecule has 5 rings (SSSR count). The summed E-state index contributed by atoms with van der Waals surface area (Å²) in [5.41, 5.74) is 2.18. The second kappa shape index (κ2) is 7.48. The Labute approximate surface area is 175 Å². The Hall–Kier alpha value is -3.35. The van der Waals surface area contributed by atoms with Gasteiger partial charge in [0.25, 0.3) is 0 Å². The predicted octanol–water partition coefficient (Wildman–Crippen LogP) is 3.77. The molecule has 1 saturated carbocycles. The second-order valence-corrected chi connectivity index (χ2v) is 7.80. The van der Waals surface area contributed by atoms with Gasteiger partial charge in [-0.3, -0.25) is 9.69 Å². The zero-order valence-corrected chi connectivity index (χ0v) is 17.1. The number of benzene rings is 2. The standard InChI is InChI=1S/C23H24N4O3/c1-29-18-9-5-15(6-10-18)20-13-21(16-7-11-19(30-2)12-8-16)27-23(24-14-25-27)26(20)22(28)17-3-4-17/h5-12,14,17,20-21H,3-4,13H2,1-2H3/t20-,21+/m1/s1. The summed E-state index contributed by atoms with van der Waals surface area (Å²) < 4.78 is 12.5. The zero-order valence-electron chi connectivity index (χ0n) is 17.1. The summed E-state index contributed by atoms with van der Waals surface area (Å²) >= 11 is 0. The molecule has 1 aliphatic heterocycles. The van der Waals surface area contributed by atoms with Gasteiger partial charge < -0.3 is 9.47 Å². The highest BCUT2D eigenvalue weighted by Crippen LogP contribution is 2.45. The number of methoxy groups -OCH3 is 2. The minimum atomic E-state index is -0.118. The van der Waals surface area contributed by atoms with Gasteiger partial charge in [0.15, 0.2) is 0 Å². The fourth-order valence-corrected chi connectivity index (χ4v) is 4.19. The molecule has 1 amide bonds. The van der Waals surface area contributed by atoms with Gasteiger partial charge in [-0.15, -0.1) is 0 Å². The van der Waals surface area contributed by atoms with E-state index in [0.717, 1.165) is 35.5 Å². The number of aromatic nitrogens is 3. The number of anilines is 1. The van der Waals surface area contributed by atoms with Crippen molar-refractivity contribution in [2.75, 3.05) is 19.1 Å². The highest BCUT2D eigenvalue weighted by atomic mass is 16.5. The van der Waals surface area contributed by atoms with E-state index >= 15 is 0 Å². The molecule has 0 unspecified atom stereocenters. The number of hydrogen-bond donors (Lipinski definition) is 0. The molecule has 7 nitrogen and oxygen atoms in total. The van der Waals surface area contributed by atoms with E-state index in [1.54, 1.807) is 14.2 Å². The van der Waals surface area contributed by atoms with Crippen molar-refractivity contribution >= 4 is 11.9 Å². The maximum Gasteiger partial charge on any atom is 0.233 e. The largest absolute Gasteiger partial charge is 0.497 e. The van der Waals surface area contributed by atoms with E-state index in [-0.39, 0.29) is 23.9 Å². The van der Waals surface area contributed by atoms with E-state index in [0.29, 0.717) is 12.4 Å². The Morgan fingerprint density at radius 1 is 0.900 bits per heavy atom. The van der Waals surface area contributed by atoms with Gasteiger partial charge in [-0.2, -0.15) is 10.1 Å². The molecule has 1 fully saturated rings. The topological polar surface area (TPSA) is 69.5 Å². The van der Waals surface area contributed by atoms with Crippen molar-refractivity contribution in [1.29, 1.82) is 0 Å². The average molecular weight is 404 g/mol. The highest BCUT2D eigenvalue weighted by molar-refractivity contribution is 5.96. The third-order valence-corrected chi connectivity index (χ3v) is 5.99. The van der Waals surface area contributed by atoms with Gasteiger partial charge in [0.2, 0.25) is 11.9 Å². The number of nitrogens with zero attached hydrogens (tertiary/aromatic N) is 4. The van der Waals surface area contributed by atoms with Crippen LogP contribution in [0.1, 0.15) is 42.5 Å². The molecule has 7 heteroatoms. The molecule has 2 aliphatic rings. The molecule has 154 valence electrons. The van der Waals surface area contributed by atoms with Gasteiger partial charge in [0.1, 0.15) is 17.8 Å². The monoisotopic (exact) mass is 404 g/mol. The van der Waals surface area contributed by atoms with Crippen molar-refractivity contribution in [3.63, 3.8) is 0 Å². The zero-order chi connectivity index (χ0) is 20.7. The summed E-state index contributed by atoms with van der Waals surface area (Å²) in [6.45, 7) is 0. The van der Waals surface area contributed by atoms with Gasteiger partial charge >= 0.3 is 0 Å². The van der Waals surface area contributed by atoms with Crippen LogP contribution < -0.4 is 14.4 Å². The number of ether oxygens (including phenoxy) is 2. The predicted molar refractivity (Wildman–Crippen MR) is 112 cm³/mol. The van der Waals surface area contributed by atoms with Crippen LogP contribution in [0, 0.1) is 5.92 Å². The highest BCUT2D eigenvalue weighted by Gasteiger charge is 2.44. The smallest absolute Gasteiger partial charge is 0.233 e. The summed E-state index contributed by atoms with van der Waals surface area (Å²) in [6.07, 6.45) is 4.14. The first-order valence-electron chi connectivity index (χ1n) is 10.2. The van der Waals surface area contributed by atoms with Crippen molar-refractivity contribution in [1.82, 2.24) is 14.8 Å². The van der Waals surface area contributed by atoms with Gasteiger partial charge in [0.05, 0.1) is 26.3 Å². The molecule has 0 bridgehead atoms. The molecular weight excluding hydrogens is 380 g/mol. The molecule has 30 heavy (non-hydrogen) atoms. The molecule has 3 aromatic rings. The van der Waals surface area contributed by atoms with E-state index in [9.17, 15) is 4.79 Å². The Balaban J connectivity index is 1.58. The molecule has 0 saturated heterocycles. The molecule has 0 spiro atoms. The minimum Gasteiger partial charge on any atom is -0.497 e. The molecule has 0 radical (unpaired) electrons. The van der Waals surface area contributed by atoms with Gasteiger partial charge in [-0.25, -0.2) is 4.68 Å². The summed E-state index contributed by atoms with van der Waals surface area (Å²) in [5, 5.41) is 4.49. The maximum atomic E-state index is 13.3. The lowest BCUT2D eigenvalue weighted by atomic mass is 9.91. The van der Waals surface area contributed by atoms with Crippen LogP contribution >= 0.6 is 0 Å². The van der Waals surface area contributed by atoms with Crippen LogP contribution in [0.3, 0.4) is 0 Å². The molecule has 0 N–H and O–H groups in total. The normalized spacial score (nSPS) is 20.5. The van der Waals surface area contributed by atoms with E-state index in [2.05, 4.69) is 22.2 Å². The first-order valence-corrected chi connectivity index (χ1v) is 10.2. The SMILES string of the molecule is COc1ccc([C@H]2C[C@@H](c3ccc(OC)cc3)n3ncnc3N2C(=O)C2CC2)cc1. The van der Waals surface area contributed by atoms with Crippen molar-refractivity contribution in [2.24, 2.45) is 5.92 Å². The lowest BCUT2D eigenvalue weighted by molar-refractivity contribution is -0.120. The number of amides is 1. The number of fused-ring (bicyclic) bond motifs is 1. The summed E-state index contributed by atoms with van der Waals surface area (Å²) in [4.78, 5) is 19.6. The summed E-state index contributed by atoms with van der Waals surface area (Å²) in [6, 6.07) is 15.8. The molecule has 2 aromatic carbocycles. The van der Waals surface area contributed by atoms with E-state index in [1.807, 2.05) is 46.0 Å². The van der Waals surface area contributed by atoms with E-state index in [4.69, 9.17) is 9.47 Å². The Morgan fingerprint density at radius 2 is 1.47 bits per heavy atom. The van der Waals surface area contributed by atoms with Gasteiger partial charge in [0, 0.05) is 5.92 Å². The van der Waals surface area contributed by atoms with Crippen LogP contribution in [0.25, 0.3) is 0 Å². The molecule has 1 aromatic heterocycles. The summed E-state index contributed by atoms with van der Waals surface area (Å²) in [7, 11) is 3.31. The number of rotatable bonds is 5. The Bertz CT molecular complexity index is 1040. The minimum absolute atomic E-state index is 0.0243. The number of carbonyl (C=O) groups excluding carboxylic acids is 1.